The molecule has 0 spiro atoms. The van der Waals surface area contributed by atoms with Crippen LogP contribution in [0.2, 0.25) is 10.0 Å². The molecular formula is C21H22Br2Cl2N2O3. The molecule has 0 unspecified atom stereocenters. The van der Waals surface area contributed by atoms with Gasteiger partial charge in [0, 0.05) is 27.6 Å². The number of unbranched alkanes of at least 4 members (excludes halogenated alkanes) is 2. The number of amides is 3. The van der Waals surface area contributed by atoms with Gasteiger partial charge in [0.05, 0.1) is 22.5 Å². The third-order valence-corrected chi connectivity index (χ3v) is 10.3. The number of benzene rings is 1. The lowest BCUT2D eigenvalue weighted by Gasteiger charge is -2.28. The Morgan fingerprint density at radius 2 is 1.67 bits per heavy atom. The Morgan fingerprint density at radius 3 is 2.27 bits per heavy atom. The van der Waals surface area contributed by atoms with Crippen molar-refractivity contribution < 1.29 is 14.4 Å². The fraction of sp³-hybridized carbons (Fsp3) is 0.571. The van der Waals surface area contributed by atoms with E-state index in [9.17, 15) is 14.4 Å². The number of halogens is 4. The van der Waals surface area contributed by atoms with Gasteiger partial charge < -0.3 is 5.32 Å². The van der Waals surface area contributed by atoms with Gasteiger partial charge in [-0.05, 0) is 49.3 Å². The Kier molecular flexibility index (Phi) is 6.83. The summed E-state index contributed by atoms with van der Waals surface area (Å²) in [6.07, 6.45) is 3.45. The Bertz CT molecular complexity index is 852. The second-order valence-electron chi connectivity index (χ2n) is 8.31. The molecule has 4 rings (SSSR count). The minimum atomic E-state index is -0.157. The van der Waals surface area contributed by atoms with E-state index in [4.69, 9.17) is 23.2 Å². The van der Waals surface area contributed by atoms with Crippen LogP contribution in [0.5, 0.6) is 0 Å². The smallest absolute Gasteiger partial charge is 0.233 e. The maximum Gasteiger partial charge on any atom is 0.233 e. The highest BCUT2D eigenvalue weighted by Crippen LogP contribution is 2.60. The number of imide groups is 1. The maximum atomic E-state index is 12.9. The summed E-state index contributed by atoms with van der Waals surface area (Å²) in [7, 11) is 0. The fourth-order valence-corrected chi connectivity index (χ4v) is 7.50. The number of likely N-dealkylation sites (tertiary alicyclic amines) is 1. The number of carbonyl (C=O) groups excluding carboxylic acids is 3. The molecule has 2 saturated carbocycles. The van der Waals surface area contributed by atoms with Crippen LogP contribution in [0.25, 0.3) is 0 Å². The van der Waals surface area contributed by atoms with Gasteiger partial charge in [0.2, 0.25) is 17.7 Å². The van der Waals surface area contributed by atoms with Gasteiger partial charge in [-0.25, -0.2) is 0 Å². The fourth-order valence-electron chi connectivity index (χ4n) is 5.17. The van der Waals surface area contributed by atoms with Gasteiger partial charge in [-0.3, -0.25) is 19.3 Å². The van der Waals surface area contributed by atoms with Crippen LogP contribution < -0.4 is 5.32 Å². The average Bonchev–Trinajstić information content (AvgIpc) is 3.30. The highest BCUT2D eigenvalue weighted by molar-refractivity contribution is 9.12. The van der Waals surface area contributed by atoms with Crippen LogP contribution in [0.1, 0.15) is 32.1 Å². The van der Waals surface area contributed by atoms with E-state index >= 15 is 0 Å². The van der Waals surface area contributed by atoms with Crippen molar-refractivity contribution in [2.45, 2.75) is 41.8 Å². The van der Waals surface area contributed by atoms with Crippen LogP contribution in [-0.4, -0.2) is 38.8 Å². The molecule has 9 heteroatoms. The third-order valence-electron chi connectivity index (χ3n) is 6.57. The highest BCUT2D eigenvalue weighted by atomic mass is 79.9. The summed E-state index contributed by atoms with van der Waals surface area (Å²) in [5.41, 5.74) is 0.538. The molecule has 1 aromatic rings. The van der Waals surface area contributed by atoms with Gasteiger partial charge in [0.25, 0.3) is 0 Å². The SMILES string of the molecule is O=C(CCCCCN1C(=O)[C@H]2[C@H]3C[C@@H]([C@@H](Br)[C@@H]3Br)[C@@H]2C1=O)Nc1ccc(Cl)cc1Cl. The average molecular weight is 581 g/mol. The van der Waals surface area contributed by atoms with Crippen LogP contribution in [0.15, 0.2) is 18.2 Å². The quantitative estimate of drug-likeness (QED) is 0.271. The van der Waals surface area contributed by atoms with Crippen LogP contribution in [0.4, 0.5) is 5.69 Å². The van der Waals surface area contributed by atoms with Gasteiger partial charge in [-0.2, -0.15) is 0 Å². The van der Waals surface area contributed by atoms with E-state index in [0.717, 1.165) is 12.8 Å². The standard InChI is InChI=1S/C21H22Br2Cl2N2O3/c22-18-11-9-12(19(18)23)17-16(11)20(29)27(21(17)30)7-3-1-2-4-15(28)26-14-6-5-10(24)8-13(14)25/h5-6,8,11-12,16-19H,1-4,7,9H2,(H,26,28)/t11-,12-,16+,17+,18-,19-/m1/s1. The second kappa shape index (κ2) is 9.08. The number of nitrogens with zero attached hydrogens (tertiary/aromatic N) is 1. The van der Waals surface area contributed by atoms with Gasteiger partial charge in [0.15, 0.2) is 0 Å². The van der Waals surface area contributed by atoms with Gasteiger partial charge in [-0.1, -0.05) is 61.5 Å². The summed E-state index contributed by atoms with van der Waals surface area (Å²) in [4.78, 5) is 39.8. The molecule has 6 atom stereocenters. The number of carbonyl (C=O) groups is 3. The van der Waals surface area contributed by atoms with Crippen molar-refractivity contribution in [2.24, 2.45) is 23.7 Å². The van der Waals surface area contributed by atoms with Crippen molar-refractivity contribution in [3.8, 4) is 0 Å². The molecule has 2 bridgehead atoms. The summed E-state index contributed by atoms with van der Waals surface area (Å²) in [6.45, 7) is 0.439. The molecule has 1 aliphatic heterocycles. The summed E-state index contributed by atoms with van der Waals surface area (Å²) < 4.78 is 0. The van der Waals surface area contributed by atoms with E-state index in [1.165, 1.54) is 4.90 Å². The predicted octanol–water partition coefficient (Wildman–Crippen LogP) is 5.27. The van der Waals surface area contributed by atoms with Crippen molar-refractivity contribution in [2.75, 3.05) is 11.9 Å². The molecule has 30 heavy (non-hydrogen) atoms. The lowest BCUT2D eigenvalue weighted by Crippen LogP contribution is -2.37. The molecule has 162 valence electrons. The van der Waals surface area contributed by atoms with E-state index in [0.29, 0.717) is 41.5 Å². The molecule has 3 amide bonds. The molecule has 1 N–H and O–H groups in total. The number of rotatable bonds is 7. The monoisotopic (exact) mass is 578 g/mol. The zero-order valence-corrected chi connectivity index (χ0v) is 20.8. The number of anilines is 1. The van der Waals surface area contributed by atoms with E-state index < -0.39 is 0 Å². The van der Waals surface area contributed by atoms with Gasteiger partial charge in [0.1, 0.15) is 0 Å². The first-order chi connectivity index (χ1) is 14.3. The zero-order chi connectivity index (χ0) is 21.6. The van der Waals surface area contributed by atoms with Gasteiger partial charge in [-0.15, -0.1) is 0 Å². The summed E-state index contributed by atoms with van der Waals surface area (Å²) in [5.74, 6) is 0.0490. The molecule has 5 nitrogen and oxygen atoms in total. The first-order valence-electron chi connectivity index (χ1n) is 10.2. The van der Waals surface area contributed by atoms with Crippen LogP contribution in [-0.2, 0) is 14.4 Å². The van der Waals surface area contributed by atoms with Gasteiger partial charge >= 0.3 is 0 Å². The molecule has 1 saturated heterocycles. The summed E-state index contributed by atoms with van der Waals surface area (Å²) in [5, 5.41) is 3.69. The molecule has 3 fully saturated rings. The van der Waals surface area contributed by atoms with E-state index in [1.807, 2.05) is 0 Å². The highest BCUT2D eigenvalue weighted by Gasteiger charge is 2.66. The Morgan fingerprint density at radius 1 is 1.03 bits per heavy atom. The summed E-state index contributed by atoms with van der Waals surface area (Å²) >= 11 is 19.3. The summed E-state index contributed by atoms with van der Waals surface area (Å²) in [6, 6.07) is 4.93. The Hall–Kier alpha value is -0.630. The van der Waals surface area contributed by atoms with Crippen molar-refractivity contribution in [3.63, 3.8) is 0 Å². The van der Waals surface area contributed by atoms with E-state index in [2.05, 4.69) is 37.2 Å². The third kappa shape index (κ3) is 4.07. The van der Waals surface area contributed by atoms with Crippen LogP contribution in [0.3, 0.4) is 0 Å². The lowest BCUT2D eigenvalue weighted by molar-refractivity contribution is -0.140. The Balaban J connectivity index is 1.21. The first kappa shape index (κ1) is 22.6. The molecule has 0 radical (unpaired) electrons. The van der Waals surface area contributed by atoms with Crippen molar-refractivity contribution >= 4 is 78.5 Å². The number of alkyl halides is 2. The van der Waals surface area contributed by atoms with Crippen molar-refractivity contribution in [1.29, 1.82) is 0 Å². The Labute approximate surface area is 202 Å². The maximum absolute atomic E-state index is 12.9. The normalized spacial score (nSPS) is 32.1. The molecule has 1 heterocycles. The molecule has 3 aliphatic rings. The van der Waals surface area contributed by atoms with Crippen LogP contribution >= 0.6 is 55.1 Å². The number of hydrogen-bond donors (Lipinski definition) is 1. The largest absolute Gasteiger partial charge is 0.325 e. The topological polar surface area (TPSA) is 66.5 Å². The number of hydrogen-bond acceptors (Lipinski definition) is 3. The van der Waals surface area contributed by atoms with Crippen LogP contribution in [0, 0.1) is 23.7 Å². The zero-order valence-electron chi connectivity index (χ0n) is 16.1. The van der Waals surface area contributed by atoms with Crippen molar-refractivity contribution in [3.05, 3.63) is 28.2 Å². The number of nitrogens with one attached hydrogen (secondary N) is 1. The molecule has 2 aliphatic carbocycles. The van der Waals surface area contributed by atoms with Crippen molar-refractivity contribution in [1.82, 2.24) is 4.90 Å². The number of fused-ring (bicyclic) bond motifs is 5. The minimum absolute atomic E-state index is 0.00327. The molecular weight excluding hydrogens is 559 g/mol. The predicted molar refractivity (Wildman–Crippen MR) is 124 cm³/mol. The van der Waals surface area contributed by atoms with E-state index in [-0.39, 0.29) is 51.0 Å². The van der Waals surface area contributed by atoms with E-state index in [1.54, 1.807) is 18.2 Å². The minimum Gasteiger partial charge on any atom is -0.325 e. The first-order valence-corrected chi connectivity index (χ1v) is 12.8. The lowest BCUT2D eigenvalue weighted by atomic mass is 9.81. The molecule has 1 aromatic carbocycles. The second-order valence-corrected chi connectivity index (χ2v) is 11.3. The molecule has 0 aromatic heterocycles.